The Labute approximate surface area is 122 Å². The molecule has 0 fully saturated rings. The number of oxazole rings is 1. The van der Waals surface area contributed by atoms with E-state index < -0.39 is 11.7 Å². The van der Waals surface area contributed by atoms with Gasteiger partial charge in [0.1, 0.15) is 5.52 Å². The molecule has 0 radical (unpaired) electrons. The summed E-state index contributed by atoms with van der Waals surface area (Å²) in [7, 11) is 0. The summed E-state index contributed by atoms with van der Waals surface area (Å²) in [5.74, 6) is 0.297. The van der Waals surface area contributed by atoms with Gasteiger partial charge >= 0.3 is 6.18 Å². The van der Waals surface area contributed by atoms with Gasteiger partial charge in [-0.2, -0.15) is 13.2 Å². The molecule has 0 amide bonds. The van der Waals surface area contributed by atoms with Crippen LogP contribution >= 0.6 is 0 Å². The Morgan fingerprint density at radius 2 is 1.73 bits per heavy atom. The Balaban J connectivity index is 1.83. The van der Waals surface area contributed by atoms with Crippen molar-refractivity contribution in [3.8, 4) is 11.5 Å². The second-order valence-electron chi connectivity index (χ2n) is 4.95. The van der Waals surface area contributed by atoms with Crippen molar-refractivity contribution in [3.63, 3.8) is 0 Å². The monoisotopic (exact) mass is 302 g/mol. The van der Waals surface area contributed by atoms with E-state index in [4.69, 9.17) is 4.42 Å². The van der Waals surface area contributed by atoms with Crippen molar-refractivity contribution in [2.45, 2.75) is 6.18 Å². The van der Waals surface area contributed by atoms with E-state index in [0.717, 1.165) is 23.0 Å². The summed E-state index contributed by atoms with van der Waals surface area (Å²) >= 11 is 0. The van der Waals surface area contributed by atoms with Gasteiger partial charge in [-0.25, -0.2) is 4.98 Å². The summed E-state index contributed by atoms with van der Waals surface area (Å²) in [6.45, 7) is 0. The molecule has 0 aliphatic rings. The largest absolute Gasteiger partial charge is 0.436 e. The average Bonchev–Trinajstić information content (AvgIpc) is 3.12. The summed E-state index contributed by atoms with van der Waals surface area (Å²) in [6.07, 6.45) is -2.55. The van der Waals surface area contributed by atoms with Crippen LogP contribution < -0.4 is 0 Å². The Morgan fingerprint density at radius 1 is 0.955 bits per heavy atom. The molecule has 2 aromatic heterocycles. The molecule has 0 aliphatic carbocycles. The van der Waals surface area contributed by atoms with Gasteiger partial charge in [0.25, 0.3) is 0 Å². The number of alkyl halides is 3. The molecular formula is C16H9F3N2O. The van der Waals surface area contributed by atoms with Crippen molar-refractivity contribution in [2.75, 3.05) is 0 Å². The highest BCUT2D eigenvalue weighted by atomic mass is 19.4. The lowest BCUT2D eigenvalue weighted by Gasteiger charge is -2.05. The summed E-state index contributed by atoms with van der Waals surface area (Å²) in [5.41, 5.74) is 1.91. The van der Waals surface area contributed by atoms with Crippen molar-refractivity contribution in [2.24, 2.45) is 0 Å². The quantitative estimate of drug-likeness (QED) is 0.538. The molecular weight excluding hydrogens is 293 g/mol. The van der Waals surface area contributed by atoms with Gasteiger partial charge in [-0.05, 0) is 42.5 Å². The number of nitrogens with zero attached hydrogens (tertiary/aromatic N) is 1. The van der Waals surface area contributed by atoms with Crippen LogP contribution in [0.4, 0.5) is 13.2 Å². The number of rotatable bonds is 1. The lowest BCUT2D eigenvalue weighted by atomic mass is 10.1. The number of fused-ring (bicyclic) bond motifs is 3. The van der Waals surface area contributed by atoms with E-state index in [1.807, 2.05) is 12.1 Å². The van der Waals surface area contributed by atoms with Crippen LogP contribution in [0.2, 0.25) is 0 Å². The third-order valence-electron chi connectivity index (χ3n) is 3.54. The van der Waals surface area contributed by atoms with Crippen molar-refractivity contribution in [3.05, 3.63) is 54.2 Å². The Kier molecular flexibility index (Phi) is 2.57. The molecule has 0 aliphatic heterocycles. The molecule has 4 aromatic rings. The van der Waals surface area contributed by atoms with Crippen molar-refractivity contribution < 1.29 is 17.6 Å². The minimum Gasteiger partial charge on any atom is -0.436 e. The van der Waals surface area contributed by atoms with Crippen LogP contribution in [0.25, 0.3) is 33.5 Å². The zero-order chi connectivity index (χ0) is 15.3. The number of hydrogen-bond donors (Lipinski definition) is 1. The molecule has 2 heterocycles. The number of halogens is 3. The zero-order valence-corrected chi connectivity index (χ0v) is 11.1. The van der Waals surface area contributed by atoms with Crippen LogP contribution in [0.5, 0.6) is 0 Å². The Morgan fingerprint density at radius 3 is 2.45 bits per heavy atom. The number of nitrogens with one attached hydrogen (secondary N) is 1. The predicted octanol–water partition coefficient (Wildman–Crippen LogP) is 4.99. The summed E-state index contributed by atoms with van der Waals surface area (Å²) in [5, 5.41) is 1.000. The minimum atomic E-state index is -4.35. The Hall–Kier alpha value is -2.76. The van der Waals surface area contributed by atoms with Gasteiger partial charge in [-0.1, -0.05) is 0 Å². The maximum Gasteiger partial charge on any atom is 0.416 e. The summed E-state index contributed by atoms with van der Waals surface area (Å²) in [6, 6.07) is 10.4. The van der Waals surface area contributed by atoms with Crippen LogP contribution in [-0.4, -0.2) is 9.97 Å². The van der Waals surface area contributed by atoms with Crippen molar-refractivity contribution >= 4 is 22.0 Å². The van der Waals surface area contributed by atoms with Gasteiger partial charge in [0.15, 0.2) is 5.58 Å². The van der Waals surface area contributed by atoms with Crippen molar-refractivity contribution in [1.29, 1.82) is 0 Å². The fourth-order valence-corrected chi connectivity index (χ4v) is 2.44. The molecule has 22 heavy (non-hydrogen) atoms. The second kappa shape index (κ2) is 4.37. The third-order valence-corrected chi connectivity index (χ3v) is 3.54. The molecule has 0 atom stereocenters. The number of aromatic amines is 1. The maximum absolute atomic E-state index is 12.6. The first-order valence-electron chi connectivity index (χ1n) is 6.57. The number of aromatic nitrogens is 2. The molecule has 110 valence electrons. The smallest absolute Gasteiger partial charge is 0.416 e. The summed E-state index contributed by atoms with van der Waals surface area (Å²) < 4.78 is 43.4. The SMILES string of the molecule is FC(F)(F)c1ccc(-c2nc3c(ccc4cc[nH]c43)o2)cc1. The van der Waals surface area contributed by atoms with Gasteiger partial charge < -0.3 is 9.40 Å². The molecule has 1 N–H and O–H groups in total. The molecule has 0 saturated heterocycles. The predicted molar refractivity (Wildman–Crippen MR) is 76.3 cm³/mol. The van der Waals surface area contributed by atoms with E-state index >= 15 is 0 Å². The van der Waals surface area contributed by atoms with E-state index in [-0.39, 0.29) is 0 Å². The third kappa shape index (κ3) is 1.95. The number of hydrogen-bond acceptors (Lipinski definition) is 2. The second-order valence-corrected chi connectivity index (χ2v) is 4.95. The highest BCUT2D eigenvalue weighted by Crippen LogP contribution is 2.32. The topological polar surface area (TPSA) is 41.8 Å². The lowest BCUT2D eigenvalue weighted by molar-refractivity contribution is -0.137. The van der Waals surface area contributed by atoms with E-state index in [1.54, 1.807) is 12.3 Å². The average molecular weight is 302 g/mol. The fourth-order valence-electron chi connectivity index (χ4n) is 2.44. The lowest BCUT2D eigenvalue weighted by Crippen LogP contribution is -2.03. The highest BCUT2D eigenvalue weighted by molar-refractivity contribution is 6.01. The van der Waals surface area contributed by atoms with E-state index in [0.29, 0.717) is 22.6 Å². The number of H-pyrrole nitrogens is 1. The van der Waals surface area contributed by atoms with E-state index in [2.05, 4.69) is 9.97 Å². The first-order valence-corrected chi connectivity index (χ1v) is 6.57. The van der Waals surface area contributed by atoms with Crippen molar-refractivity contribution in [1.82, 2.24) is 9.97 Å². The molecule has 4 rings (SSSR count). The maximum atomic E-state index is 12.6. The molecule has 2 aromatic carbocycles. The van der Waals surface area contributed by atoms with Crippen LogP contribution in [0.1, 0.15) is 5.56 Å². The molecule has 0 unspecified atom stereocenters. The molecule has 0 spiro atoms. The number of benzene rings is 2. The Bertz CT molecular complexity index is 965. The standard InChI is InChI=1S/C16H9F3N2O/c17-16(18,19)11-4-1-10(2-5-11)15-21-14-12(22-15)6-3-9-7-8-20-13(9)14/h1-8,20H. The molecule has 0 saturated carbocycles. The minimum absolute atomic E-state index is 0.297. The van der Waals surface area contributed by atoms with Gasteiger partial charge in [-0.3, -0.25) is 0 Å². The van der Waals surface area contributed by atoms with Gasteiger partial charge in [0.05, 0.1) is 11.1 Å². The zero-order valence-electron chi connectivity index (χ0n) is 11.1. The molecule has 6 heteroatoms. The van der Waals surface area contributed by atoms with Crippen LogP contribution in [-0.2, 0) is 6.18 Å². The molecule has 3 nitrogen and oxygen atoms in total. The van der Waals surface area contributed by atoms with Crippen LogP contribution in [0.15, 0.2) is 53.1 Å². The van der Waals surface area contributed by atoms with Crippen LogP contribution in [0.3, 0.4) is 0 Å². The van der Waals surface area contributed by atoms with Gasteiger partial charge in [-0.15, -0.1) is 0 Å². The van der Waals surface area contributed by atoms with Gasteiger partial charge in [0, 0.05) is 17.1 Å². The first kappa shape index (κ1) is 12.9. The van der Waals surface area contributed by atoms with E-state index in [1.165, 1.54) is 12.1 Å². The highest BCUT2D eigenvalue weighted by Gasteiger charge is 2.30. The van der Waals surface area contributed by atoms with Gasteiger partial charge in [0.2, 0.25) is 5.89 Å². The van der Waals surface area contributed by atoms with E-state index in [9.17, 15) is 13.2 Å². The normalized spacial score (nSPS) is 12.3. The fraction of sp³-hybridized carbons (Fsp3) is 0.0625. The van der Waals surface area contributed by atoms with Crippen LogP contribution in [0, 0.1) is 0 Å². The molecule has 0 bridgehead atoms. The first-order chi connectivity index (χ1) is 10.5. The summed E-state index contributed by atoms with van der Waals surface area (Å²) in [4.78, 5) is 7.48.